The van der Waals surface area contributed by atoms with Crippen molar-refractivity contribution in [2.75, 3.05) is 26.1 Å². The van der Waals surface area contributed by atoms with Crippen molar-refractivity contribution < 1.29 is 9.13 Å². The monoisotopic (exact) mass is 288 g/mol. The number of anilines is 2. The lowest BCUT2D eigenvalue weighted by Crippen LogP contribution is -2.19. The fraction of sp³-hybridized carbons (Fsp3) is 0.294. The summed E-state index contributed by atoms with van der Waals surface area (Å²) in [5, 5.41) is 3.16. The first-order valence-electron chi connectivity index (χ1n) is 6.92. The summed E-state index contributed by atoms with van der Waals surface area (Å²) in [7, 11) is 5.36. The molecule has 2 rings (SSSR count). The molecular formula is C17H21FN2O. The van der Waals surface area contributed by atoms with Crippen LogP contribution in [0.2, 0.25) is 0 Å². The van der Waals surface area contributed by atoms with Crippen molar-refractivity contribution in [2.45, 2.75) is 13.0 Å². The van der Waals surface area contributed by atoms with Crippen LogP contribution in [0.15, 0.2) is 42.5 Å². The Kier molecular flexibility index (Phi) is 4.81. The van der Waals surface area contributed by atoms with Gasteiger partial charge < -0.3 is 15.0 Å². The van der Waals surface area contributed by atoms with Gasteiger partial charge in [-0.05, 0) is 49.9 Å². The van der Waals surface area contributed by atoms with Crippen molar-refractivity contribution in [3.05, 3.63) is 53.8 Å². The molecule has 0 amide bonds. The maximum Gasteiger partial charge on any atom is 0.147 e. The number of nitrogens with zero attached hydrogens (tertiary/aromatic N) is 1. The average molecular weight is 288 g/mol. The first-order chi connectivity index (χ1) is 10.1. The highest BCUT2D eigenvalue weighted by Gasteiger charge is 2.17. The van der Waals surface area contributed by atoms with Crippen molar-refractivity contribution in [1.29, 1.82) is 0 Å². The maximum absolute atomic E-state index is 14.3. The van der Waals surface area contributed by atoms with Crippen molar-refractivity contribution in [3.8, 4) is 5.75 Å². The number of methoxy groups -OCH3 is 1. The molecule has 0 radical (unpaired) electrons. The number of halogens is 1. The van der Waals surface area contributed by atoms with Crippen molar-refractivity contribution >= 4 is 11.4 Å². The zero-order chi connectivity index (χ0) is 15.4. The van der Waals surface area contributed by atoms with Crippen LogP contribution in [0.25, 0.3) is 0 Å². The third-order valence-electron chi connectivity index (χ3n) is 3.71. The molecule has 0 bridgehead atoms. The van der Waals surface area contributed by atoms with Gasteiger partial charge in [-0.1, -0.05) is 12.1 Å². The lowest BCUT2D eigenvalue weighted by molar-refractivity contribution is 0.415. The van der Waals surface area contributed by atoms with Gasteiger partial charge in [-0.2, -0.15) is 0 Å². The summed E-state index contributed by atoms with van der Waals surface area (Å²) < 4.78 is 19.5. The summed E-state index contributed by atoms with van der Waals surface area (Å²) >= 11 is 0. The molecule has 4 heteroatoms. The van der Waals surface area contributed by atoms with Gasteiger partial charge in [0.15, 0.2) is 0 Å². The van der Waals surface area contributed by atoms with Crippen LogP contribution in [-0.4, -0.2) is 21.2 Å². The Balaban J connectivity index is 2.44. The Morgan fingerprint density at radius 3 is 2.38 bits per heavy atom. The molecule has 0 aromatic heterocycles. The van der Waals surface area contributed by atoms with Crippen LogP contribution in [0.3, 0.4) is 0 Å². The molecule has 0 saturated heterocycles. The molecule has 1 N–H and O–H groups in total. The number of hydrogen-bond donors (Lipinski definition) is 1. The summed E-state index contributed by atoms with van der Waals surface area (Å²) in [6.07, 6.45) is 0. The average Bonchev–Trinajstić information content (AvgIpc) is 2.53. The molecular weight excluding hydrogens is 267 g/mol. The van der Waals surface area contributed by atoms with Crippen LogP contribution in [0.4, 0.5) is 15.8 Å². The lowest BCUT2D eigenvalue weighted by Gasteiger charge is -2.25. The van der Waals surface area contributed by atoms with Gasteiger partial charge >= 0.3 is 0 Å². The smallest absolute Gasteiger partial charge is 0.147 e. The topological polar surface area (TPSA) is 24.5 Å². The van der Waals surface area contributed by atoms with Crippen LogP contribution in [0.5, 0.6) is 5.75 Å². The molecule has 0 fully saturated rings. The maximum atomic E-state index is 14.3. The van der Waals surface area contributed by atoms with Gasteiger partial charge in [-0.3, -0.25) is 0 Å². The minimum atomic E-state index is -0.229. The van der Waals surface area contributed by atoms with Crippen LogP contribution >= 0.6 is 0 Å². The lowest BCUT2D eigenvalue weighted by atomic mass is 10.0. The molecule has 0 spiro atoms. The van der Waals surface area contributed by atoms with E-state index in [4.69, 9.17) is 4.74 Å². The van der Waals surface area contributed by atoms with E-state index < -0.39 is 0 Å². The van der Waals surface area contributed by atoms with E-state index in [1.807, 2.05) is 56.3 Å². The minimum absolute atomic E-state index is 0.0661. The number of para-hydroxylation sites is 1. The highest BCUT2D eigenvalue weighted by atomic mass is 19.1. The van der Waals surface area contributed by atoms with E-state index >= 15 is 0 Å². The second-order valence-electron chi connectivity index (χ2n) is 4.95. The predicted octanol–water partition coefficient (Wildman–Crippen LogP) is 3.88. The molecule has 0 heterocycles. The Morgan fingerprint density at radius 2 is 1.81 bits per heavy atom. The fourth-order valence-corrected chi connectivity index (χ4v) is 2.33. The third-order valence-corrected chi connectivity index (χ3v) is 3.71. The highest BCUT2D eigenvalue weighted by Crippen LogP contribution is 2.33. The Hall–Kier alpha value is -2.07. The minimum Gasteiger partial charge on any atom is -0.497 e. The molecule has 0 aliphatic rings. The van der Waals surface area contributed by atoms with E-state index in [9.17, 15) is 4.39 Å². The van der Waals surface area contributed by atoms with E-state index in [1.54, 1.807) is 13.2 Å². The van der Waals surface area contributed by atoms with Crippen molar-refractivity contribution in [1.82, 2.24) is 5.32 Å². The highest BCUT2D eigenvalue weighted by molar-refractivity contribution is 5.67. The molecule has 3 nitrogen and oxygen atoms in total. The molecule has 21 heavy (non-hydrogen) atoms. The summed E-state index contributed by atoms with van der Waals surface area (Å²) in [4.78, 5) is 1.86. The molecule has 2 aromatic carbocycles. The number of rotatable bonds is 5. The summed E-state index contributed by atoms with van der Waals surface area (Å²) in [5.41, 5.74) is 2.42. The number of nitrogens with one attached hydrogen (secondary N) is 1. The summed E-state index contributed by atoms with van der Waals surface area (Å²) in [5.74, 6) is 0.553. The van der Waals surface area contributed by atoms with Crippen LogP contribution in [-0.2, 0) is 0 Å². The van der Waals surface area contributed by atoms with E-state index in [2.05, 4.69) is 5.32 Å². The molecule has 2 aromatic rings. The predicted molar refractivity (Wildman–Crippen MR) is 84.9 cm³/mol. The van der Waals surface area contributed by atoms with E-state index in [1.165, 1.54) is 6.07 Å². The number of benzene rings is 2. The Labute approximate surface area is 125 Å². The molecule has 1 unspecified atom stereocenters. The first kappa shape index (κ1) is 15.3. The summed E-state index contributed by atoms with van der Waals surface area (Å²) in [6, 6.07) is 12.8. The van der Waals surface area contributed by atoms with Gasteiger partial charge in [0.05, 0.1) is 12.8 Å². The zero-order valence-electron chi connectivity index (χ0n) is 12.9. The Bertz CT molecular complexity index is 598. The van der Waals surface area contributed by atoms with E-state index in [0.717, 1.165) is 17.0 Å². The van der Waals surface area contributed by atoms with Crippen molar-refractivity contribution in [3.63, 3.8) is 0 Å². The molecule has 0 saturated carbocycles. The van der Waals surface area contributed by atoms with Gasteiger partial charge in [0.25, 0.3) is 0 Å². The molecule has 1 atom stereocenters. The van der Waals surface area contributed by atoms with Crippen molar-refractivity contribution in [2.24, 2.45) is 0 Å². The molecule has 0 aliphatic heterocycles. The third kappa shape index (κ3) is 3.16. The zero-order valence-corrected chi connectivity index (χ0v) is 12.9. The summed E-state index contributed by atoms with van der Waals surface area (Å²) in [6.45, 7) is 2.01. The fourth-order valence-electron chi connectivity index (χ4n) is 2.33. The van der Waals surface area contributed by atoms with E-state index in [0.29, 0.717) is 5.69 Å². The van der Waals surface area contributed by atoms with Crippen LogP contribution in [0, 0.1) is 5.82 Å². The van der Waals surface area contributed by atoms with Gasteiger partial charge in [0.1, 0.15) is 11.6 Å². The quantitative estimate of drug-likeness (QED) is 0.903. The largest absolute Gasteiger partial charge is 0.497 e. The van der Waals surface area contributed by atoms with Crippen LogP contribution in [0.1, 0.15) is 18.5 Å². The Morgan fingerprint density at radius 1 is 1.14 bits per heavy atom. The van der Waals surface area contributed by atoms with Gasteiger partial charge in [-0.25, -0.2) is 4.39 Å². The SMILES string of the molecule is CNC(C)c1cccc(F)c1N(C)c1ccc(OC)cc1. The number of hydrogen-bond acceptors (Lipinski definition) is 3. The van der Waals surface area contributed by atoms with Crippen LogP contribution < -0.4 is 15.0 Å². The second-order valence-corrected chi connectivity index (χ2v) is 4.95. The first-order valence-corrected chi connectivity index (χ1v) is 6.92. The number of ether oxygens (including phenoxy) is 1. The van der Waals surface area contributed by atoms with Gasteiger partial charge in [0.2, 0.25) is 0 Å². The van der Waals surface area contributed by atoms with Gasteiger partial charge in [0, 0.05) is 18.8 Å². The van der Waals surface area contributed by atoms with Gasteiger partial charge in [-0.15, -0.1) is 0 Å². The molecule has 112 valence electrons. The second kappa shape index (κ2) is 6.59. The van der Waals surface area contributed by atoms with E-state index in [-0.39, 0.29) is 11.9 Å². The molecule has 0 aliphatic carbocycles. The normalized spacial score (nSPS) is 12.0. The standard InChI is InChI=1S/C17H21FN2O/c1-12(19-2)15-6-5-7-16(18)17(15)20(3)13-8-10-14(21-4)11-9-13/h5-12,19H,1-4H3.